The zero-order chi connectivity index (χ0) is 13.0. The fourth-order valence-electron chi connectivity index (χ4n) is 1.30. The largest absolute Gasteiger partial charge is 0.506 e. The minimum atomic E-state index is -1.76. The van der Waals surface area contributed by atoms with Crippen LogP contribution in [0.25, 0.3) is 0 Å². The van der Waals surface area contributed by atoms with Gasteiger partial charge in [0.05, 0.1) is 11.6 Å². The molecule has 1 rings (SSSR count). The lowest BCUT2D eigenvalue weighted by Gasteiger charge is -2.17. The quantitative estimate of drug-likeness (QED) is 0.703. The second kappa shape index (κ2) is 5.86. The van der Waals surface area contributed by atoms with Gasteiger partial charge in [0.25, 0.3) is 0 Å². The molecule has 2 unspecified atom stereocenters. The smallest absolute Gasteiger partial charge is 0.338 e. The van der Waals surface area contributed by atoms with Gasteiger partial charge in [-0.3, -0.25) is 0 Å². The fourth-order valence-corrected chi connectivity index (χ4v) is 1.48. The summed E-state index contributed by atoms with van der Waals surface area (Å²) in [6.45, 7) is 1.66. The van der Waals surface area contributed by atoms with Gasteiger partial charge in [0.15, 0.2) is 6.10 Å². The number of hydrogen-bond acceptors (Lipinski definition) is 5. The summed E-state index contributed by atoms with van der Waals surface area (Å²) < 4.78 is 4.55. The molecule has 6 heteroatoms. The first-order valence-corrected chi connectivity index (χ1v) is 5.37. The van der Waals surface area contributed by atoms with E-state index in [0.29, 0.717) is 0 Å². The average Bonchev–Trinajstić information content (AvgIpc) is 2.31. The summed E-state index contributed by atoms with van der Waals surface area (Å²) in [4.78, 5) is 11.2. The van der Waals surface area contributed by atoms with Crippen LogP contribution in [-0.4, -0.2) is 34.0 Å². The first-order chi connectivity index (χ1) is 7.99. The van der Waals surface area contributed by atoms with E-state index in [-0.39, 0.29) is 22.9 Å². The molecule has 1 aromatic carbocycles. The summed E-state index contributed by atoms with van der Waals surface area (Å²) in [5.41, 5.74) is -0.0296. The topological polar surface area (TPSA) is 87.0 Å². The molecule has 0 bridgehead atoms. The van der Waals surface area contributed by atoms with Crippen LogP contribution in [0.4, 0.5) is 0 Å². The Labute approximate surface area is 103 Å². The minimum Gasteiger partial charge on any atom is -0.506 e. The molecule has 0 heterocycles. The highest BCUT2D eigenvalue weighted by molar-refractivity contribution is 6.32. The highest BCUT2D eigenvalue weighted by Crippen LogP contribution is 2.32. The monoisotopic (exact) mass is 260 g/mol. The molecule has 0 aliphatic heterocycles. The van der Waals surface area contributed by atoms with Crippen LogP contribution in [0.5, 0.6) is 5.75 Å². The van der Waals surface area contributed by atoms with Crippen molar-refractivity contribution in [1.82, 2.24) is 0 Å². The summed E-state index contributed by atoms with van der Waals surface area (Å²) in [5.74, 6) is -1.33. The predicted molar refractivity (Wildman–Crippen MR) is 60.7 cm³/mol. The second-order valence-electron chi connectivity index (χ2n) is 3.32. The van der Waals surface area contributed by atoms with Gasteiger partial charge >= 0.3 is 5.97 Å². The summed E-state index contributed by atoms with van der Waals surface area (Å²) in [6, 6.07) is 4.26. The zero-order valence-corrected chi connectivity index (χ0v) is 9.89. The van der Waals surface area contributed by atoms with Gasteiger partial charge in [0.2, 0.25) is 0 Å². The van der Waals surface area contributed by atoms with Crippen molar-refractivity contribution in [2.45, 2.75) is 19.1 Å². The van der Waals surface area contributed by atoms with E-state index in [0.717, 1.165) is 0 Å². The molecule has 0 saturated heterocycles. The number of ether oxygens (including phenoxy) is 1. The molecule has 2 atom stereocenters. The number of esters is 1. The van der Waals surface area contributed by atoms with E-state index < -0.39 is 18.2 Å². The lowest BCUT2D eigenvalue weighted by molar-refractivity contribution is -0.159. The van der Waals surface area contributed by atoms with E-state index in [1.165, 1.54) is 18.2 Å². The van der Waals surface area contributed by atoms with Gasteiger partial charge in [0, 0.05) is 5.56 Å². The highest BCUT2D eigenvalue weighted by atomic mass is 35.5. The molecule has 0 amide bonds. The molecular weight excluding hydrogens is 248 g/mol. The molecule has 0 spiro atoms. The van der Waals surface area contributed by atoms with Crippen molar-refractivity contribution in [3.8, 4) is 5.75 Å². The average molecular weight is 261 g/mol. The van der Waals surface area contributed by atoms with Crippen LogP contribution in [0, 0.1) is 0 Å². The zero-order valence-electron chi connectivity index (χ0n) is 9.13. The maximum Gasteiger partial charge on any atom is 0.338 e. The first kappa shape index (κ1) is 13.8. The molecule has 1 aromatic rings. The number of hydrogen-bond donors (Lipinski definition) is 3. The van der Waals surface area contributed by atoms with Crippen molar-refractivity contribution in [2.75, 3.05) is 6.61 Å². The van der Waals surface area contributed by atoms with Gasteiger partial charge in [-0.25, -0.2) is 4.79 Å². The van der Waals surface area contributed by atoms with Crippen LogP contribution in [-0.2, 0) is 9.53 Å². The highest BCUT2D eigenvalue weighted by Gasteiger charge is 2.29. The Bertz CT molecular complexity index is 407. The number of halogens is 1. The van der Waals surface area contributed by atoms with Gasteiger partial charge in [0.1, 0.15) is 11.9 Å². The van der Waals surface area contributed by atoms with E-state index in [2.05, 4.69) is 4.74 Å². The Morgan fingerprint density at radius 3 is 2.71 bits per heavy atom. The minimum absolute atomic E-state index is 0.0256. The molecule has 0 radical (unpaired) electrons. The maximum atomic E-state index is 11.2. The number of para-hydroxylation sites is 1. The third-order valence-corrected chi connectivity index (χ3v) is 2.47. The second-order valence-corrected chi connectivity index (χ2v) is 3.73. The van der Waals surface area contributed by atoms with Crippen LogP contribution >= 0.6 is 11.6 Å². The third kappa shape index (κ3) is 3.09. The number of aliphatic hydroxyl groups is 2. The van der Waals surface area contributed by atoms with Crippen molar-refractivity contribution in [2.24, 2.45) is 0 Å². The van der Waals surface area contributed by atoms with Gasteiger partial charge in [-0.2, -0.15) is 0 Å². The number of phenolic OH excluding ortho intramolecular Hbond substituents is 1. The van der Waals surface area contributed by atoms with E-state index in [4.69, 9.17) is 11.6 Å². The van der Waals surface area contributed by atoms with Crippen LogP contribution < -0.4 is 0 Å². The van der Waals surface area contributed by atoms with Crippen LogP contribution in [0.15, 0.2) is 18.2 Å². The SMILES string of the molecule is CCOC(=O)C(O)C(O)c1cccc(Cl)c1O. The number of aliphatic hydroxyl groups excluding tert-OH is 2. The van der Waals surface area contributed by atoms with E-state index in [1.54, 1.807) is 6.92 Å². The molecule has 0 saturated carbocycles. The van der Waals surface area contributed by atoms with Gasteiger partial charge in [-0.1, -0.05) is 23.7 Å². The van der Waals surface area contributed by atoms with Crippen molar-refractivity contribution < 1.29 is 24.9 Å². The summed E-state index contributed by atoms with van der Waals surface area (Å²) in [5, 5.41) is 28.8. The van der Waals surface area contributed by atoms with Crippen LogP contribution in [0.3, 0.4) is 0 Å². The first-order valence-electron chi connectivity index (χ1n) is 4.99. The molecule has 3 N–H and O–H groups in total. The number of aromatic hydroxyl groups is 1. The van der Waals surface area contributed by atoms with Gasteiger partial charge in [-0.15, -0.1) is 0 Å². The molecule has 0 aliphatic carbocycles. The lowest BCUT2D eigenvalue weighted by atomic mass is 10.0. The number of rotatable bonds is 4. The third-order valence-electron chi connectivity index (χ3n) is 2.16. The van der Waals surface area contributed by atoms with Gasteiger partial charge in [-0.05, 0) is 13.0 Å². The van der Waals surface area contributed by atoms with Crippen LogP contribution in [0.1, 0.15) is 18.6 Å². The van der Waals surface area contributed by atoms with Crippen molar-refractivity contribution in [3.05, 3.63) is 28.8 Å². The molecule has 94 valence electrons. The summed E-state index contributed by atoms with van der Waals surface area (Å²) in [7, 11) is 0. The number of benzene rings is 1. The molecule has 5 nitrogen and oxygen atoms in total. The Balaban J connectivity index is 2.92. The summed E-state index contributed by atoms with van der Waals surface area (Å²) in [6.07, 6.45) is -3.35. The standard InChI is InChI=1S/C11H13ClO5/c1-2-17-11(16)10(15)9(14)6-4-3-5-7(12)8(6)13/h3-5,9-10,13-15H,2H2,1H3. The number of carbonyl (C=O) groups is 1. The Hall–Kier alpha value is -1.30. The number of carbonyl (C=O) groups excluding carboxylic acids is 1. The molecule has 0 fully saturated rings. The van der Waals surface area contributed by atoms with Crippen LogP contribution in [0.2, 0.25) is 5.02 Å². The van der Waals surface area contributed by atoms with Crippen molar-refractivity contribution >= 4 is 17.6 Å². The fraction of sp³-hybridized carbons (Fsp3) is 0.364. The van der Waals surface area contributed by atoms with Gasteiger partial charge < -0.3 is 20.1 Å². The van der Waals surface area contributed by atoms with Crippen molar-refractivity contribution in [3.63, 3.8) is 0 Å². The lowest BCUT2D eigenvalue weighted by Crippen LogP contribution is -2.29. The normalized spacial score (nSPS) is 14.1. The predicted octanol–water partition coefficient (Wildman–Crippen LogP) is 1.00. The Morgan fingerprint density at radius 1 is 1.47 bits per heavy atom. The maximum absolute atomic E-state index is 11.2. The summed E-state index contributed by atoms with van der Waals surface area (Å²) >= 11 is 5.64. The van der Waals surface area contributed by atoms with E-state index in [9.17, 15) is 20.1 Å². The Kier molecular flexibility index (Phi) is 4.74. The van der Waals surface area contributed by atoms with Crippen molar-refractivity contribution in [1.29, 1.82) is 0 Å². The van der Waals surface area contributed by atoms with E-state index in [1.807, 2.05) is 0 Å². The number of phenols is 1. The molecule has 17 heavy (non-hydrogen) atoms. The van der Waals surface area contributed by atoms with E-state index >= 15 is 0 Å². The molecule has 0 aromatic heterocycles. The Morgan fingerprint density at radius 2 is 2.12 bits per heavy atom. The molecule has 0 aliphatic rings. The molecular formula is C11H13ClO5.